The lowest BCUT2D eigenvalue weighted by Crippen LogP contribution is -2.38. The number of anilines is 3. The van der Waals surface area contributed by atoms with Crippen molar-refractivity contribution in [2.24, 2.45) is 5.92 Å². The van der Waals surface area contributed by atoms with Gasteiger partial charge < -0.3 is 15.5 Å². The Morgan fingerprint density at radius 2 is 1.29 bits per heavy atom. The monoisotopic (exact) mass is 633 g/mol. The van der Waals surface area contributed by atoms with Gasteiger partial charge in [-0.3, -0.25) is 9.59 Å². The van der Waals surface area contributed by atoms with Gasteiger partial charge in [0.1, 0.15) is 0 Å². The third kappa shape index (κ3) is 7.22. The number of halogens is 2. The Morgan fingerprint density at radius 3 is 1.98 bits per heavy atom. The fourth-order valence-electron chi connectivity index (χ4n) is 6.08. The zero-order valence-electron chi connectivity index (χ0n) is 24.6. The molecule has 1 unspecified atom stereocenters. The van der Waals surface area contributed by atoms with Crippen LogP contribution in [0.15, 0.2) is 127 Å². The van der Waals surface area contributed by atoms with E-state index < -0.39 is 0 Å². The van der Waals surface area contributed by atoms with Gasteiger partial charge in [0.25, 0.3) is 5.91 Å². The van der Waals surface area contributed by atoms with E-state index in [-0.39, 0.29) is 23.7 Å². The van der Waals surface area contributed by atoms with Crippen LogP contribution in [-0.2, 0) is 4.79 Å². The first-order valence-electron chi connectivity index (χ1n) is 15.1. The van der Waals surface area contributed by atoms with E-state index >= 15 is 0 Å². The number of nitrogens with one attached hydrogen (secondary N) is 2. The Morgan fingerprint density at radius 1 is 0.667 bits per heavy atom. The first-order chi connectivity index (χ1) is 22.0. The summed E-state index contributed by atoms with van der Waals surface area (Å²) in [5.41, 5.74) is 5.81. The summed E-state index contributed by atoms with van der Waals surface area (Å²) in [6.45, 7) is 1.69. The summed E-state index contributed by atoms with van der Waals surface area (Å²) in [4.78, 5) is 29.2. The first-order valence-corrected chi connectivity index (χ1v) is 15.8. The fourth-order valence-corrected chi connectivity index (χ4v) is 6.38. The Hall–Kier alpha value is -4.58. The number of nitrogens with zero attached hydrogens (tertiary/aromatic N) is 1. The number of benzene rings is 5. The number of carbonyl (C=O) groups is 2. The van der Waals surface area contributed by atoms with Crippen LogP contribution in [0.5, 0.6) is 0 Å². The maximum atomic E-state index is 13.6. The second kappa shape index (κ2) is 14.0. The van der Waals surface area contributed by atoms with E-state index in [1.54, 1.807) is 18.2 Å². The SMILES string of the molecule is O=C(Nc1ccc(N2CCC(C(C(=O)Nc3ccccc3)c3ccccc3)CC2)cc1)c1ccccc1-c1ccc(Cl)c(Cl)c1. The number of amides is 2. The average Bonchev–Trinajstić information content (AvgIpc) is 3.08. The van der Waals surface area contributed by atoms with Crippen molar-refractivity contribution in [1.82, 2.24) is 0 Å². The van der Waals surface area contributed by atoms with Crippen molar-refractivity contribution in [1.29, 1.82) is 0 Å². The van der Waals surface area contributed by atoms with Crippen LogP contribution < -0.4 is 15.5 Å². The second-order valence-corrected chi connectivity index (χ2v) is 12.1. The van der Waals surface area contributed by atoms with Crippen molar-refractivity contribution in [3.8, 4) is 11.1 Å². The van der Waals surface area contributed by atoms with Gasteiger partial charge in [0.05, 0.1) is 16.0 Å². The van der Waals surface area contributed by atoms with Crippen LogP contribution in [0, 0.1) is 5.92 Å². The highest BCUT2D eigenvalue weighted by Crippen LogP contribution is 2.36. The van der Waals surface area contributed by atoms with Crippen molar-refractivity contribution < 1.29 is 9.59 Å². The summed E-state index contributed by atoms with van der Waals surface area (Å²) in [6, 6.07) is 40.5. The van der Waals surface area contributed by atoms with Crippen molar-refractivity contribution in [3.63, 3.8) is 0 Å². The lowest BCUT2D eigenvalue weighted by atomic mass is 9.79. The first kappa shape index (κ1) is 30.4. The molecule has 2 N–H and O–H groups in total. The predicted octanol–water partition coefficient (Wildman–Crippen LogP) is 9.55. The van der Waals surface area contributed by atoms with E-state index in [4.69, 9.17) is 23.2 Å². The molecule has 1 saturated heterocycles. The van der Waals surface area contributed by atoms with Gasteiger partial charge in [0, 0.05) is 35.7 Å². The van der Waals surface area contributed by atoms with E-state index in [1.165, 1.54) is 0 Å². The zero-order valence-corrected chi connectivity index (χ0v) is 26.1. The molecule has 1 aliphatic heterocycles. The molecule has 0 aliphatic carbocycles. The van der Waals surface area contributed by atoms with Crippen LogP contribution in [0.3, 0.4) is 0 Å². The summed E-state index contributed by atoms with van der Waals surface area (Å²) >= 11 is 12.3. The van der Waals surface area contributed by atoms with Gasteiger partial charge in [0.15, 0.2) is 0 Å². The summed E-state index contributed by atoms with van der Waals surface area (Å²) in [6.07, 6.45) is 1.79. The maximum absolute atomic E-state index is 13.6. The van der Waals surface area contributed by atoms with Crippen LogP contribution in [0.1, 0.15) is 34.7 Å². The highest BCUT2D eigenvalue weighted by Gasteiger charge is 2.33. The van der Waals surface area contributed by atoms with E-state index in [0.29, 0.717) is 21.3 Å². The number of hydrogen-bond donors (Lipinski definition) is 2. The smallest absolute Gasteiger partial charge is 0.256 e. The topological polar surface area (TPSA) is 61.4 Å². The van der Waals surface area contributed by atoms with Crippen LogP contribution in [0.25, 0.3) is 11.1 Å². The third-order valence-corrected chi connectivity index (χ3v) is 9.13. The van der Waals surface area contributed by atoms with Crippen molar-refractivity contribution in [3.05, 3.63) is 149 Å². The van der Waals surface area contributed by atoms with Crippen molar-refractivity contribution in [2.45, 2.75) is 18.8 Å². The number of piperidine rings is 1. The molecule has 1 aliphatic rings. The second-order valence-electron chi connectivity index (χ2n) is 11.2. The summed E-state index contributed by atoms with van der Waals surface area (Å²) in [5.74, 6) is -0.169. The molecule has 6 rings (SSSR count). The highest BCUT2D eigenvalue weighted by atomic mass is 35.5. The Balaban J connectivity index is 1.11. The van der Waals surface area contributed by atoms with Crippen LogP contribution in [-0.4, -0.2) is 24.9 Å². The molecule has 2 amide bonds. The molecule has 45 heavy (non-hydrogen) atoms. The largest absolute Gasteiger partial charge is 0.372 e. The van der Waals surface area contributed by atoms with Crippen molar-refractivity contribution in [2.75, 3.05) is 28.6 Å². The Labute approximate surface area is 273 Å². The van der Waals surface area contributed by atoms with Gasteiger partial charge in [-0.25, -0.2) is 0 Å². The molecule has 1 fully saturated rings. The molecule has 226 valence electrons. The number of hydrogen-bond acceptors (Lipinski definition) is 3. The van der Waals surface area contributed by atoms with E-state index in [9.17, 15) is 9.59 Å². The number of para-hydroxylation sites is 1. The quantitative estimate of drug-likeness (QED) is 0.179. The van der Waals surface area contributed by atoms with Gasteiger partial charge in [-0.1, -0.05) is 96.0 Å². The van der Waals surface area contributed by atoms with Gasteiger partial charge in [-0.05, 0) is 90.0 Å². The lowest BCUT2D eigenvalue weighted by molar-refractivity contribution is -0.118. The van der Waals surface area contributed by atoms with Crippen molar-refractivity contribution >= 4 is 52.1 Å². The number of carbonyl (C=O) groups excluding carboxylic acids is 2. The van der Waals surface area contributed by atoms with E-state index in [0.717, 1.165) is 54.0 Å². The molecule has 0 spiro atoms. The third-order valence-electron chi connectivity index (χ3n) is 8.39. The molecule has 5 nitrogen and oxygen atoms in total. The Kier molecular flexibility index (Phi) is 9.49. The summed E-state index contributed by atoms with van der Waals surface area (Å²) < 4.78 is 0. The maximum Gasteiger partial charge on any atom is 0.256 e. The van der Waals surface area contributed by atoms with Crippen LogP contribution in [0.2, 0.25) is 10.0 Å². The molecule has 0 aromatic heterocycles. The van der Waals surface area contributed by atoms with Crippen LogP contribution >= 0.6 is 23.2 Å². The molecule has 5 aromatic carbocycles. The molecule has 0 bridgehead atoms. The Bertz CT molecular complexity index is 1770. The molecular formula is C38H33Cl2N3O2. The molecule has 1 heterocycles. The van der Waals surface area contributed by atoms with E-state index in [1.807, 2.05) is 97.1 Å². The molecule has 7 heteroatoms. The minimum atomic E-state index is -0.224. The van der Waals surface area contributed by atoms with Gasteiger partial charge in [-0.2, -0.15) is 0 Å². The minimum Gasteiger partial charge on any atom is -0.372 e. The molecular weight excluding hydrogens is 601 g/mol. The fraction of sp³-hybridized carbons (Fsp3) is 0.158. The predicted molar refractivity (Wildman–Crippen MR) is 185 cm³/mol. The minimum absolute atomic E-state index is 0.0340. The molecule has 0 saturated carbocycles. The van der Waals surface area contributed by atoms with Crippen LogP contribution in [0.4, 0.5) is 17.1 Å². The molecule has 0 radical (unpaired) electrons. The van der Waals surface area contributed by atoms with Gasteiger partial charge in [-0.15, -0.1) is 0 Å². The van der Waals surface area contributed by atoms with Gasteiger partial charge >= 0.3 is 0 Å². The zero-order chi connectivity index (χ0) is 31.2. The number of rotatable bonds is 8. The van der Waals surface area contributed by atoms with Gasteiger partial charge in [0.2, 0.25) is 5.91 Å². The highest BCUT2D eigenvalue weighted by molar-refractivity contribution is 6.42. The standard InChI is InChI=1S/C38H33Cl2N3O2/c39-34-20-15-28(25-35(34)40)32-13-7-8-14-33(32)37(44)41-30-16-18-31(19-17-30)43-23-21-27(22-24-43)36(26-9-3-1-4-10-26)38(45)42-29-11-5-2-6-12-29/h1-20,25,27,36H,21-24H2,(H,41,44)(H,42,45). The molecule has 1 atom stereocenters. The lowest BCUT2D eigenvalue weighted by Gasteiger charge is -2.37. The summed E-state index contributed by atoms with van der Waals surface area (Å²) in [5, 5.41) is 7.08. The average molecular weight is 635 g/mol. The summed E-state index contributed by atoms with van der Waals surface area (Å²) in [7, 11) is 0. The normalized spacial score (nSPS) is 14.0. The molecule has 5 aromatic rings. The van der Waals surface area contributed by atoms with E-state index in [2.05, 4.69) is 27.7 Å².